The van der Waals surface area contributed by atoms with Crippen LogP contribution >= 0.6 is 11.3 Å². The molecule has 1 unspecified atom stereocenters. The number of para-hydroxylation sites is 1. The first kappa shape index (κ1) is 15.3. The first-order valence-corrected chi connectivity index (χ1v) is 8.93. The largest absolute Gasteiger partial charge is 0.319 e. The summed E-state index contributed by atoms with van der Waals surface area (Å²) in [5.74, 6) is -0.292. The minimum atomic E-state index is -0.292. The number of hydrogen-bond acceptors (Lipinski definition) is 4. The van der Waals surface area contributed by atoms with Gasteiger partial charge in [-0.2, -0.15) is 10.1 Å². The molecular weight excluding hydrogens is 322 g/mol. The van der Waals surface area contributed by atoms with Crippen molar-refractivity contribution < 1.29 is 4.79 Å². The molecule has 1 aromatic carbocycles. The Bertz CT molecular complexity index is 945. The second-order valence-corrected chi connectivity index (χ2v) is 7.02. The van der Waals surface area contributed by atoms with E-state index in [0.717, 1.165) is 36.1 Å². The van der Waals surface area contributed by atoms with Crippen molar-refractivity contribution in [1.82, 2.24) is 19.7 Å². The standard InChI is InChI=1S/C17H19N5OS/c1-21-14-6-2-3-7-15(14)24-17(21)19-16(23)13-8-10-22(20-13)12-5-4-9-18-11-12/h2-3,6-8,10,12,18H,4-5,9,11H2,1H3. The summed E-state index contributed by atoms with van der Waals surface area (Å²) in [4.78, 5) is 17.4. The molecule has 0 bridgehead atoms. The van der Waals surface area contributed by atoms with E-state index >= 15 is 0 Å². The van der Waals surface area contributed by atoms with Gasteiger partial charge >= 0.3 is 0 Å². The van der Waals surface area contributed by atoms with Gasteiger partial charge in [-0.3, -0.25) is 9.48 Å². The Balaban J connectivity index is 1.63. The third kappa shape index (κ3) is 2.81. The third-order valence-corrected chi connectivity index (χ3v) is 5.50. The summed E-state index contributed by atoms with van der Waals surface area (Å²) in [5.41, 5.74) is 1.48. The Morgan fingerprint density at radius 3 is 3.04 bits per heavy atom. The van der Waals surface area contributed by atoms with Crippen LogP contribution in [0.4, 0.5) is 0 Å². The van der Waals surface area contributed by atoms with Gasteiger partial charge in [0, 0.05) is 19.8 Å². The van der Waals surface area contributed by atoms with Crippen LogP contribution < -0.4 is 10.1 Å². The molecule has 24 heavy (non-hydrogen) atoms. The minimum Gasteiger partial charge on any atom is -0.319 e. The Morgan fingerprint density at radius 2 is 2.25 bits per heavy atom. The number of benzene rings is 1. The van der Waals surface area contributed by atoms with E-state index in [1.54, 1.807) is 6.07 Å². The number of carbonyl (C=O) groups excluding carboxylic acids is 1. The quantitative estimate of drug-likeness (QED) is 0.776. The highest BCUT2D eigenvalue weighted by Gasteiger charge is 2.17. The van der Waals surface area contributed by atoms with Gasteiger partial charge in [-0.15, -0.1) is 0 Å². The summed E-state index contributed by atoms with van der Waals surface area (Å²) in [6, 6.07) is 10.1. The second kappa shape index (κ2) is 6.33. The highest BCUT2D eigenvalue weighted by atomic mass is 32.1. The lowest BCUT2D eigenvalue weighted by atomic mass is 10.1. The molecule has 3 heterocycles. The Hall–Kier alpha value is -2.25. The van der Waals surface area contributed by atoms with Gasteiger partial charge in [-0.1, -0.05) is 23.5 Å². The Morgan fingerprint density at radius 1 is 1.38 bits per heavy atom. The number of rotatable bonds is 2. The maximum absolute atomic E-state index is 12.5. The summed E-state index contributed by atoms with van der Waals surface area (Å²) in [7, 11) is 1.93. The van der Waals surface area contributed by atoms with Gasteiger partial charge in [0.1, 0.15) is 0 Å². The van der Waals surface area contributed by atoms with Gasteiger partial charge in [0.05, 0.1) is 16.3 Å². The zero-order chi connectivity index (χ0) is 16.5. The molecule has 7 heteroatoms. The number of amides is 1. The SMILES string of the molecule is Cn1c(=NC(=O)c2ccn(C3CCCNC3)n2)sc2ccccc21. The van der Waals surface area contributed by atoms with Crippen LogP contribution in [0.3, 0.4) is 0 Å². The molecule has 1 fully saturated rings. The first-order chi connectivity index (χ1) is 11.7. The molecule has 4 rings (SSSR count). The van der Waals surface area contributed by atoms with Crippen molar-refractivity contribution in [2.75, 3.05) is 13.1 Å². The van der Waals surface area contributed by atoms with E-state index in [0.29, 0.717) is 16.5 Å². The van der Waals surface area contributed by atoms with E-state index in [-0.39, 0.29) is 5.91 Å². The van der Waals surface area contributed by atoms with Crippen LogP contribution in [0.2, 0.25) is 0 Å². The average Bonchev–Trinajstić information content (AvgIpc) is 3.22. The monoisotopic (exact) mass is 341 g/mol. The van der Waals surface area contributed by atoms with Crippen molar-refractivity contribution in [2.24, 2.45) is 12.0 Å². The van der Waals surface area contributed by atoms with Gasteiger partial charge in [0.2, 0.25) is 0 Å². The molecule has 0 spiro atoms. The second-order valence-electron chi connectivity index (χ2n) is 6.01. The Labute approximate surface area is 143 Å². The van der Waals surface area contributed by atoms with E-state index in [4.69, 9.17) is 0 Å². The number of nitrogens with zero attached hydrogens (tertiary/aromatic N) is 4. The van der Waals surface area contributed by atoms with Crippen molar-refractivity contribution in [3.8, 4) is 0 Å². The molecule has 1 amide bonds. The fourth-order valence-corrected chi connectivity index (χ4v) is 4.06. The highest BCUT2D eigenvalue weighted by Crippen LogP contribution is 2.17. The summed E-state index contributed by atoms with van der Waals surface area (Å²) < 4.78 is 4.95. The molecule has 1 aliphatic heterocycles. The van der Waals surface area contributed by atoms with E-state index in [1.807, 2.05) is 46.8 Å². The topological polar surface area (TPSA) is 64.2 Å². The lowest BCUT2D eigenvalue weighted by molar-refractivity contribution is 0.0992. The Kier molecular flexibility index (Phi) is 4.03. The third-order valence-electron chi connectivity index (χ3n) is 4.38. The van der Waals surface area contributed by atoms with Gasteiger partial charge in [-0.25, -0.2) is 0 Å². The van der Waals surface area contributed by atoms with Crippen molar-refractivity contribution in [2.45, 2.75) is 18.9 Å². The molecule has 1 N–H and O–H groups in total. The van der Waals surface area contributed by atoms with E-state index in [1.165, 1.54) is 11.3 Å². The number of carbonyl (C=O) groups is 1. The molecule has 0 aliphatic carbocycles. The van der Waals surface area contributed by atoms with Crippen LogP contribution in [0, 0.1) is 0 Å². The van der Waals surface area contributed by atoms with Crippen molar-refractivity contribution >= 4 is 27.5 Å². The molecule has 1 atom stereocenters. The van der Waals surface area contributed by atoms with Crippen LogP contribution in [0.5, 0.6) is 0 Å². The number of fused-ring (bicyclic) bond motifs is 1. The van der Waals surface area contributed by atoms with Crippen molar-refractivity contribution in [1.29, 1.82) is 0 Å². The predicted octanol–water partition coefficient (Wildman–Crippen LogP) is 2.10. The average molecular weight is 341 g/mol. The normalized spacial score (nSPS) is 19.0. The number of aryl methyl sites for hydroxylation is 1. The smallest absolute Gasteiger partial charge is 0.300 e. The van der Waals surface area contributed by atoms with Crippen LogP contribution in [-0.4, -0.2) is 33.3 Å². The van der Waals surface area contributed by atoms with Gasteiger partial charge in [0.15, 0.2) is 10.5 Å². The number of hydrogen-bond donors (Lipinski definition) is 1. The molecule has 1 saturated heterocycles. The summed E-state index contributed by atoms with van der Waals surface area (Å²) in [6.07, 6.45) is 4.10. The predicted molar refractivity (Wildman–Crippen MR) is 94.1 cm³/mol. The van der Waals surface area contributed by atoms with Gasteiger partial charge < -0.3 is 9.88 Å². The maximum atomic E-state index is 12.5. The molecule has 0 saturated carbocycles. The van der Waals surface area contributed by atoms with E-state index in [9.17, 15) is 4.79 Å². The van der Waals surface area contributed by atoms with Crippen LogP contribution in [0.15, 0.2) is 41.5 Å². The number of nitrogens with one attached hydrogen (secondary N) is 1. The molecule has 2 aromatic heterocycles. The van der Waals surface area contributed by atoms with Crippen molar-refractivity contribution in [3.63, 3.8) is 0 Å². The number of aromatic nitrogens is 3. The summed E-state index contributed by atoms with van der Waals surface area (Å²) in [6.45, 7) is 1.96. The van der Waals surface area contributed by atoms with Gasteiger partial charge in [0.25, 0.3) is 5.91 Å². The summed E-state index contributed by atoms with van der Waals surface area (Å²) >= 11 is 1.51. The molecule has 6 nitrogen and oxygen atoms in total. The fraction of sp³-hybridized carbons (Fsp3) is 0.353. The number of thiazole rings is 1. The van der Waals surface area contributed by atoms with Crippen LogP contribution in [0.1, 0.15) is 29.4 Å². The van der Waals surface area contributed by atoms with Crippen LogP contribution in [-0.2, 0) is 7.05 Å². The van der Waals surface area contributed by atoms with Crippen molar-refractivity contribution in [3.05, 3.63) is 47.0 Å². The van der Waals surface area contributed by atoms with E-state index < -0.39 is 0 Å². The lowest BCUT2D eigenvalue weighted by Crippen LogP contribution is -2.32. The van der Waals surface area contributed by atoms with Crippen LogP contribution in [0.25, 0.3) is 10.2 Å². The maximum Gasteiger partial charge on any atom is 0.300 e. The molecular formula is C17H19N5OS. The zero-order valence-corrected chi connectivity index (χ0v) is 14.3. The molecule has 1 aliphatic rings. The molecule has 3 aromatic rings. The lowest BCUT2D eigenvalue weighted by Gasteiger charge is -2.22. The zero-order valence-electron chi connectivity index (χ0n) is 13.5. The number of piperidine rings is 1. The highest BCUT2D eigenvalue weighted by molar-refractivity contribution is 7.16. The first-order valence-electron chi connectivity index (χ1n) is 8.12. The fourth-order valence-electron chi connectivity index (χ4n) is 3.05. The minimum absolute atomic E-state index is 0.292. The molecule has 0 radical (unpaired) electrons. The van der Waals surface area contributed by atoms with Gasteiger partial charge in [-0.05, 0) is 37.6 Å². The van der Waals surface area contributed by atoms with E-state index in [2.05, 4.69) is 15.4 Å². The molecule has 124 valence electrons. The summed E-state index contributed by atoms with van der Waals surface area (Å²) in [5, 5.41) is 7.81.